The van der Waals surface area contributed by atoms with E-state index in [0.29, 0.717) is 12.3 Å². The van der Waals surface area contributed by atoms with Crippen LogP contribution in [-0.4, -0.2) is 66.1 Å². The number of ether oxygens (including phenoxy) is 1. The lowest BCUT2D eigenvalue weighted by Gasteiger charge is -2.40. The Labute approximate surface area is 237 Å². The summed E-state index contributed by atoms with van der Waals surface area (Å²) >= 11 is 0. The smallest absolute Gasteiger partial charge is 0.141 e. The van der Waals surface area contributed by atoms with Crippen LogP contribution in [0.2, 0.25) is 0 Å². The maximum atomic E-state index is 12.6. The first-order chi connectivity index (χ1) is 19.6. The maximum absolute atomic E-state index is 12.6. The zero-order valence-corrected chi connectivity index (χ0v) is 23.1. The SMILES string of the molecule is CC(=O)C(c1ccccc1)c1ccccc1OCC(O)CN1CCN(C(c2ccccc2)c2ccccc2)CC1. The van der Waals surface area contributed by atoms with Crippen molar-refractivity contribution in [3.63, 3.8) is 0 Å². The molecule has 4 aromatic carbocycles. The largest absolute Gasteiger partial charge is 0.491 e. The van der Waals surface area contributed by atoms with Crippen molar-refractivity contribution in [1.29, 1.82) is 0 Å². The van der Waals surface area contributed by atoms with E-state index >= 15 is 0 Å². The number of nitrogens with zero attached hydrogens (tertiary/aromatic N) is 2. The molecule has 0 saturated carbocycles. The quantitative estimate of drug-likeness (QED) is 0.273. The van der Waals surface area contributed by atoms with Crippen molar-refractivity contribution in [3.05, 3.63) is 138 Å². The molecule has 206 valence electrons. The molecule has 5 rings (SSSR count). The first kappa shape index (κ1) is 27.8. The predicted molar refractivity (Wildman–Crippen MR) is 160 cm³/mol. The molecule has 5 nitrogen and oxygen atoms in total. The maximum Gasteiger partial charge on any atom is 0.141 e. The van der Waals surface area contributed by atoms with Crippen molar-refractivity contribution in [2.45, 2.75) is 25.0 Å². The Morgan fingerprint density at radius 1 is 0.725 bits per heavy atom. The van der Waals surface area contributed by atoms with Gasteiger partial charge in [0.2, 0.25) is 0 Å². The molecule has 1 N–H and O–H groups in total. The van der Waals surface area contributed by atoms with Gasteiger partial charge in [-0.2, -0.15) is 0 Å². The van der Waals surface area contributed by atoms with Crippen molar-refractivity contribution in [3.8, 4) is 5.75 Å². The predicted octanol–water partition coefficient (Wildman–Crippen LogP) is 5.55. The molecule has 1 saturated heterocycles. The van der Waals surface area contributed by atoms with E-state index in [1.165, 1.54) is 11.1 Å². The van der Waals surface area contributed by atoms with Gasteiger partial charge >= 0.3 is 0 Å². The van der Waals surface area contributed by atoms with Gasteiger partial charge in [0.1, 0.15) is 24.2 Å². The molecule has 0 aromatic heterocycles. The number of para-hydroxylation sites is 1. The van der Waals surface area contributed by atoms with Crippen LogP contribution in [0.1, 0.15) is 41.1 Å². The molecule has 40 heavy (non-hydrogen) atoms. The Bertz CT molecular complexity index is 1300. The fourth-order valence-electron chi connectivity index (χ4n) is 5.75. The van der Waals surface area contributed by atoms with Crippen molar-refractivity contribution in [2.24, 2.45) is 0 Å². The van der Waals surface area contributed by atoms with E-state index in [0.717, 1.165) is 37.3 Å². The molecule has 2 atom stereocenters. The van der Waals surface area contributed by atoms with Gasteiger partial charge in [-0.3, -0.25) is 14.6 Å². The molecule has 4 aromatic rings. The summed E-state index contributed by atoms with van der Waals surface area (Å²) < 4.78 is 6.13. The van der Waals surface area contributed by atoms with E-state index in [9.17, 15) is 9.90 Å². The van der Waals surface area contributed by atoms with E-state index in [1.54, 1.807) is 6.92 Å². The topological polar surface area (TPSA) is 53.0 Å². The highest BCUT2D eigenvalue weighted by atomic mass is 16.5. The van der Waals surface area contributed by atoms with Crippen molar-refractivity contribution >= 4 is 5.78 Å². The van der Waals surface area contributed by atoms with Gasteiger partial charge in [-0.25, -0.2) is 0 Å². The zero-order chi connectivity index (χ0) is 27.7. The summed E-state index contributed by atoms with van der Waals surface area (Å²) in [6.07, 6.45) is -0.633. The molecule has 5 heteroatoms. The number of piperazine rings is 1. The van der Waals surface area contributed by atoms with Gasteiger partial charge in [-0.15, -0.1) is 0 Å². The number of β-amino-alcohol motifs (C(OH)–C–C–N with tert-alkyl or cyclic N) is 1. The fraction of sp³-hybridized carbons (Fsp3) is 0.286. The Morgan fingerprint density at radius 2 is 1.23 bits per heavy atom. The van der Waals surface area contributed by atoms with Crippen LogP contribution in [0.5, 0.6) is 5.75 Å². The number of carbonyl (C=O) groups excluding carboxylic acids is 1. The minimum absolute atomic E-state index is 0.0602. The normalized spacial score (nSPS) is 16.0. The first-order valence-corrected chi connectivity index (χ1v) is 14.1. The van der Waals surface area contributed by atoms with Crippen LogP contribution in [0.4, 0.5) is 0 Å². The third-order valence-corrected chi connectivity index (χ3v) is 7.67. The number of hydrogen-bond donors (Lipinski definition) is 1. The molecule has 0 aliphatic carbocycles. The van der Waals surface area contributed by atoms with E-state index in [-0.39, 0.29) is 18.4 Å². The van der Waals surface area contributed by atoms with Gasteiger partial charge in [0.05, 0.1) is 12.0 Å². The number of ketones is 1. The van der Waals surface area contributed by atoms with Gasteiger partial charge < -0.3 is 9.84 Å². The molecule has 1 fully saturated rings. The highest BCUT2D eigenvalue weighted by Crippen LogP contribution is 2.33. The summed E-state index contributed by atoms with van der Waals surface area (Å²) in [5.41, 5.74) is 4.37. The molecule has 0 radical (unpaired) electrons. The van der Waals surface area contributed by atoms with Crippen LogP contribution in [-0.2, 0) is 4.79 Å². The number of hydrogen-bond acceptors (Lipinski definition) is 5. The standard InChI is InChI=1S/C35H38N2O3/c1-27(38)34(28-13-5-2-6-14-28)32-19-11-12-20-33(32)40-26-31(39)25-36-21-23-37(24-22-36)35(29-15-7-3-8-16-29)30-17-9-4-10-18-30/h2-20,31,34-35,39H,21-26H2,1H3. The molecule has 0 spiro atoms. The number of rotatable bonds is 11. The fourth-order valence-corrected chi connectivity index (χ4v) is 5.75. The summed E-state index contributed by atoms with van der Waals surface area (Å²) in [5.74, 6) is 0.304. The van der Waals surface area contributed by atoms with Crippen LogP contribution < -0.4 is 4.74 Å². The van der Waals surface area contributed by atoms with Crippen LogP contribution >= 0.6 is 0 Å². The minimum atomic E-state index is -0.633. The number of aliphatic hydroxyl groups is 1. The second-order valence-corrected chi connectivity index (χ2v) is 10.5. The van der Waals surface area contributed by atoms with Gasteiger partial charge in [-0.1, -0.05) is 109 Å². The van der Waals surface area contributed by atoms with Crippen LogP contribution in [0.25, 0.3) is 0 Å². The Hall–Kier alpha value is -3.77. The third-order valence-electron chi connectivity index (χ3n) is 7.67. The van der Waals surface area contributed by atoms with Crippen molar-refractivity contribution in [2.75, 3.05) is 39.3 Å². The third kappa shape index (κ3) is 6.86. The summed E-state index contributed by atoms with van der Waals surface area (Å²) in [7, 11) is 0. The summed E-state index contributed by atoms with van der Waals surface area (Å²) in [5, 5.41) is 10.9. The lowest BCUT2D eigenvalue weighted by molar-refractivity contribution is -0.117. The van der Waals surface area contributed by atoms with Gasteiger partial charge in [0, 0.05) is 38.3 Å². The molecule has 0 bridgehead atoms. The van der Waals surface area contributed by atoms with Crippen molar-refractivity contribution in [1.82, 2.24) is 9.80 Å². The van der Waals surface area contributed by atoms with E-state index in [4.69, 9.17) is 4.74 Å². The number of carbonyl (C=O) groups is 1. The molecule has 2 unspecified atom stereocenters. The van der Waals surface area contributed by atoms with E-state index in [2.05, 4.69) is 70.5 Å². The van der Waals surface area contributed by atoms with Crippen LogP contribution in [0.3, 0.4) is 0 Å². The highest BCUT2D eigenvalue weighted by molar-refractivity contribution is 5.87. The second kappa shape index (κ2) is 13.5. The first-order valence-electron chi connectivity index (χ1n) is 14.1. The van der Waals surface area contributed by atoms with Gasteiger partial charge in [-0.05, 0) is 29.7 Å². The molecule has 0 amide bonds. The molecular formula is C35H38N2O3. The lowest BCUT2D eigenvalue weighted by Crippen LogP contribution is -2.50. The summed E-state index contributed by atoms with van der Waals surface area (Å²) in [6.45, 7) is 5.93. The Kier molecular flexibility index (Phi) is 9.40. The molecule has 1 aliphatic heterocycles. The van der Waals surface area contributed by atoms with Crippen molar-refractivity contribution < 1.29 is 14.6 Å². The Morgan fingerprint density at radius 3 is 1.77 bits per heavy atom. The number of Topliss-reactive ketones (excluding diaryl/α,β-unsaturated/α-hetero) is 1. The van der Waals surface area contributed by atoms with E-state index in [1.807, 2.05) is 54.6 Å². The average Bonchev–Trinajstić information content (AvgIpc) is 2.99. The Balaban J connectivity index is 1.19. The number of benzene rings is 4. The second-order valence-electron chi connectivity index (χ2n) is 10.5. The minimum Gasteiger partial charge on any atom is -0.491 e. The number of aliphatic hydroxyl groups excluding tert-OH is 1. The molecule has 1 heterocycles. The zero-order valence-electron chi connectivity index (χ0n) is 23.1. The van der Waals surface area contributed by atoms with E-state index < -0.39 is 12.0 Å². The van der Waals surface area contributed by atoms with Crippen LogP contribution in [0, 0.1) is 0 Å². The van der Waals surface area contributed by atoms with Gasteiger partial charge in [0.15, 0.2) is 0 Å². The molecule has 1 aliphatic rings. The summed E-state index contributed by atoms with van der Waals surface area (Å²) in [6, 6.07) is 39.0. The highest BCUT2D eigenvalue weighted by Gasteiger charge is 2.27. The van der Waals surface area contributed by atoms with Crippen LogP contribution in [0.15, 0.2) is 115 Å². The summed E-state index contributed by atoms with van der Waals surface area (Å²) in [4.78, 5) is 17.5. The monoisotopic (exact) mass is 534 g/mol. The average molecular weight is 535 g/mol. The van der Waals surface area contributed by atoms with Gasteiger partial charge in [0.25, 0.3) is 0 Å². The lowest BCUT2D eigenvalue weighted by atomic mass is 9.88. The molecular weight excluding hydrogens is 496 g/mol.